The van der Waals surface area contributed by atoms with Crippen LogP contribution in [0.4, 0.5) is 4.79 Å². The zero-order valence-corrected chi connectivity index (χ0v) is 18.9. The van der Waals surface area contributed by atoms with Crippen LogP contribution in [0.3, 0.4) is 0 Å². The number of piperidine rings is 1. The Kier molecular flexibility index (Phi) is 7.16. The van der Waals surface area contributed by atoms with Gasteiger partial charge >= 0.3 is 6.09 Å². The molecule has 1 atom stereocenters. The van der Waals surface area contributed by atoms with E-state index in [1.807, 2.05) is 30.3 Å². The van der Waals surface area contributed by atoms with E-state index in [2.05, 4.69) is 27.7 Å². The fraction of sp³-hybridized carbons (Fsp3) is 0.348. The van der Waals surface area contributed by atoms with Crippen LogP contribution < -0.4 is 5.32 Å². The second-order valence-corrected chi connectivity index (χ2v) is 9.26. The molecule has 1 aliphatic rings. The van der Waals surface area contributed by atoms with E-state index in [0.29, 0.717) is 29.7 Å². The van der Waals surface area contributed by atoms with Crippen molar-refractivity contribution in [3.05, 3.63) is 69.0 Å². The standard InChI is InChI=1S/C23H24Cl2N2O2S/c24-20-8-5-9-21(25)19(20)13-27-11-4-3-6-17(27)14-29-23(28)26-12-16-15-30-22-10-2-1-7-18(16)22/h1-2,5,7-10,15,17H,3-4,6,11-14H2,(H,26,28). The molecule has 1 N–H and O–H groups in total. The lowest BCUT2D eigenvalue weighted by atomic mass is 10.0. The zero-order valence-electron chi connectivity index (χ0n) is 16.6. The average Bonchev–Trinajstić information content (AvgIpc) is 3.17. The molecule has 1 fully saturated rings. The second-order valence-electron chi connectivity index (χ2n) is 7.53. The number of fused-ring (bicyclic) bond motifs is 1. The molecule has 0 spiro atoms. The molecule has 2 aromatic carbocycles. The fourth-order valence-electron chi connectivity index (χ4n) is 3.90. The quantitative estimate of drug-likeness (QED) is 0.454. The van der Waals surface area contributed by atoms with E-state index in [1.54, 1.807) is 11.3 Å². The van der Waals surface area contributed by atoms with Gasteiger partial charge in [-0.2, -0.15) is 0 Å². The number of hydrogen-bond donors (Lipinski definition) is 1. The van der Waals surface area contributed by atoms with Gasteiger partial charge in [-0.25, -0.2) is 4.79 Å². The minimum Gasteiger partial charge on any atom is -0.448 e. The summed E-state index contributed by atoms with van der Waals surface area (Å²) in [6, 6.07) is 13.9. The number of halogens is 2. The van der Waals surface area contributed by atoms with Crippen molar-refractivity contribution >= 4 is 50.7 Å². The first-order chi connectivity index (χ1) is 14.6. The minimum atomic E-state index is -0.383. The van der Waals surface area contributed by atoms with Crippen LogP contribution in [0.25, 0.3) is 10.1 Å². The van der Waals surface area contributed by atoms with E-state index >= 15 is 0 Å². The van der Waals surface area contributed by atoms with Gasteiger partial charge < -0.3 is 10.1 Å². The van der Waals surface area contributed by atoms with Gasteiger partial charge in [0.2, 0.25) is 0 Å². The van der Waals surface area contributed by atoms with Crippen LogP contribution in [0.15, 0.2) is 47.8 Å². The molecule has 0 aliphatic carbocycles. The maximum Gasteiger partial charge on any atom is 0.407 e. The molecule has 0 saturated carbocycles. The Morgan fingerprint density at radius 1 is 1.13 bits per heavy atom. The third-order valence-corrected chi connectivity index (χ3v) is 7.28. The number of alkyl carbamates (subject to hydrolysis) is 1. The lowest BCUT2D eigenvalue weighted by molar-refractivity contribution is 0.0638. The molecule has 158 valence electrons. The summed E-state index contributed by atoms with van der Waals surface area (Å²) in [7, 11) is 0. The first kappa shape index (κ1) is 21.4. The van der Waals surface area contributed by atoms with Crippen molar-refractivity contribution in [2.45, 2.75) is 38.4 Å². The summed E-state index contributed by atoms with van der Waals surface area (Å²) in [5, 5.41) is 7.50. The number of likely N-dealkylation sites (tertiary alicyclic amines) is 1. The van der Waals surface area contributed by atoms with Gasteiger partial charge in [-0.15, -0.1) is 11.3 Å². The first-order valence-electron chi connectivity index (χ1n) is 10.1. The first-order valence-corrected chi connectivity index (χ1v) is 11.8. The molecule has 1 unspecified atom stereocenters. The van der Waals surface area contributed by atoms with Gasteiger partial charge in [0.25, 0.3) is 0 Å². The highest BCUT2D eigenvalue weighted by Gasteiger charge is 2.25. The van der Waals surface area contributed by atoms with E-state index in [-0.39, 0.29) is 12.1 Å². The predicted octanol–water partition coefficient (Wildman–Crippen LogP) is 6.49. The highest BCUT2D eigenvalue weighted by atomic mass is 35.5. The average molecular weight is 463 g/mol. The van der Waals surface area contributed by atoms with E-state index in [1.165, 1.54) is 10.1 Å². The lowest BCUT2D eigenvalue weighted by Gasteiger charge is -2.35. The summed E-state index contributed by atoms with van der Waals surface area (Å²) in [5.41, 5.74) is 2.04. The van der Waals surface area contributed by atoms with E-state index in [4.69, 9.17) is 27.9 Å². The second kappa shape index (κ2) is 10.0. The van der Waals surface area contributed by atoms with Crippen LogP contribution in [0.1, 0.15) is 30.4 Å². The Labute approximate surface area is 190 Å². The highest BCUT2D eigenvalue weighted by Crippen LogP contribution is 2.29. The minimum absolute atomic E-state index is 0.166. The number of benzene rings is 2. The topological polar surface area (TPSA) is 41.6 Å². The Hall–Kier alpha value is -1.79. The number of hydrogen-bond acceptors (Lipinski definition) is 4. The van der Waals surface area contributed by atoms with Crippen molar-refractivity contribution in [3.8, 4) is 0 Å². The van der Waals surface area contributed by atoms with Gasteiger partial charge in [0.15, 0.2) is 0 Å². The molecular weight excluding hydrogens is 439 g/mol. The summed E-state index contributed by atoms with van der Waals surface area (Å²) in [5.74, 6) is 0. The van der Waals surface area contributed by atoms with Gasteiger partial charge in [0.1, 0.15) is 6.61 Å². The smallest absolute Gasteiger partial charge is 0.407 e. The van der Waals surface area contributed by atoms with Gasteiger partial charge in [0.05, 0.1) is 0 Å². The number of carbonyl (C=O) groups is 1. The lowest BCUT2D eigenvalue weighted by Crippen LogP contribution is -2.43. The Morgan fingerprint density at radius 2 is 1.93 bits per heavy atom. The third kappa shape index (κ3) is 5.09. The van der Waals surface area contributed by atoms with Crippen molar-refractivity contribution < 1.29 is 9.53 Å². The predicted molar refractivity (Wildman–Crippen MR) is 125 cm³/mol. The van der Waals surface area contributed by atoms with Crippen LogP contribution in [0.2, 0.25) is 10.0 Å². The Bertz CT molecular complexity index is 1000. The van der Waals surface area contributed by atoms with Crippen molar-refractivity contribution in [2.24, 2.45) is 0 Å². The summed E-state index contributed by atoms with van der Waals surface area (Å²) in [6.07, 6.45) is 2.86. The molecule has 1 aliphatic heterocycles. The van der Waals surface area contributed by atoms with Crippen LogP contribution in [0, 0.1) is 0 Å². The fourth-order valence-corrected chi connectivity index (χ4v) is 5.38. The molecule has 1 saturated heterocycles. The summed E-state index contributed by atoms with van der Waals surface area (Å²) < 4.78 is 6.79. The largest absolute Gasteiger partial charge is 0.448 e. The zero-order chi connectivity index (χ0) is 20.9. The van der Waals surface area contributed by atoms with Crippen LogP contribution in [-0.2, 0) is 17.8 Å². The molecule has 30 heavy (non-hydrogen) atoms. The molecular formula is C23H24Cl2N2O2S. The van der Waals surface area contributed by atoms with Crippen molar-refractivity contribution in [2.75, 3.05) is 13.2 Å². The molecule has 1 amide bonds. The Morgan fingerprint density at radius 3 is 2.77 bits per heavy atom. The summed E-state index contributed by atoms with van der Waals surface area (Å²) in [6.45, 7) is 2.43. The molecule has 0 bridgehead atoms. The van der Waals surface area contributed by atoms with Gasteiger partial charge in [-0.05, 0) is 53.9 Å². The molecule has 0 radical (unpaired) electrons. The van der Waals surface area contributed by atoms with Crippen molar-refractivity contribution in [3.63, 3.8) is 0 Å². The maximum atomic E-state index is 12.3. The third-order valence-electron chi connectivity index (χ3n) is 5.56. The van der Waals surface area contributed by atoms with Gasteiger partial charge in [0, 0.05) is 39.4 Å². The van der Waals surface area contributed by atoms with Crippen LogP contribution >= 0.6 is 34.5 Å². The number of amides is 1. The summed E-state index contributed by atoms with van der Waals surface area (Å²) >= 11 is 14.4. The van der Waals surface area contributed by atoms with E-state index in [0.717, 1.165) is 36.9 Å². The molecule has 3 aromatic rings. The normalized spacial score (nSPS) is 17.2. The van der Waals surface area contributed by atoms with E-state index in [9.17, 15) is 4.79 Å². The molecule has 1 aromatic heterocycles. The Balaban J connectivity index is 1.31. The summed E-state index contributed by atoms with van der Waals surface area (Å²) in [4.78, 5) is 14.6. The number of nitrogens with one attached hydrogen (secondary N) is 1. The highest BCUT2D eigenvalue weighted by molar-refractivity contribution is 7.17. The number of carbonyl (C=O) groups excluding carboxylic acids is 1. The number of rotatable bonds is 6. The van der Waals surface area contributed by atoms with E-state index < -0.39 is 0 Å². The number of nitrogens with zero attached hydrogens (tertiary/aromatic N) is 1. The number of thiophene rings is 1. The molecule has 7 heteroatoms. The number of ether oxygens (including phenoxy) is 1. The SMILES string of the molecule is O=C(NCc1csc2ccccc12)OCC1CCCCN1Cc1c(Cl)cccc1Cl. The van der Waals surface area contributed by atoms with Crippen LogP contribution in [0.5, 0.6) is 0 Å². The van der Waals surface area contributed by atoms with Crippen molar-refractivity contribution in [1.82, 2.24) is 10.2 Å². The molecule has 4 rings (SSSR count). The molecule has 4 nitrogen and oxygen atoms in total. The van der Waals surface area contributed by atoms with Crippen LogP contribution in [-0.4, -0.2) is 30.2 Å². The van der Waals surface area contributed by atoms with Crippen molar-refractivity contribution in [1.29, 1.82) is 0 Å². The monoisotopic (exact) mass is 462 g/mol. The van der Waals surface area contributed by atoms with Gasteiger partial charge in [-0.3, -0.25) is 4.90 Å². The van der Waals surface area contributed by atoms with Gasteiger partial charge in [-0.1, -0.05) is 53.9 Å². The maximum absolute atomic E-state index is 12.3. The molecule has 2 heterocycles.